The van der Waals surface area contributed by atoms with Gasteiger partial charge < -0.3 is 10.2 Å². The molecule has 0 unspecified atom stereocenters. The molecule has 3 aromatic heterocycles. The molecule has 0 spiro atoms. The van der Waals surface area contributed by atoms with E-state index in [0.29, 0.717) is 24.0 Å². The van der Waals surface area contributed by atoms with Crippen LogP contribution in [0.4, 0.5) is 10.6 Å². The molecule has 0 bridgehead atoms. The van der Waals surface area contributed by atoms with Crippen LogP contribution in [0.15, 0.2) is 48.0 Å². The second kappa shape index (κ2) is 7.45. The first-order valence-corrected chi connectivity index (χ1v) is 8.80. The van der Waals surface area contributed by atoms with Gasteiger partial charge in [-0.15, -0.1) is 0 Å². The largest absolute Gasteiger partial charge is 0.395 e. The first kappa shape index (κ1) is 17.0. The molecule has 0 saturated heterocycles. The SMILES string of the molecule is CNC(=O)Nc1cn2c(/C=N/OCC3CC3)cc(-c3cccnc3)cc2n1. The number of rotatable bonds is 6. The van der Waals surface area contributed by atoms with Crippen LogP contribution >= 0.6 is 0 Å². The fourth-order valence-electron chi connectivity index (χ4n) is 2.68. The predicted octanol–water partition coefficient (Wildman–Crippen LogP) is 2.91. The summed E-state index contributed by atoms with van der Waals surface area (Å²) in [5.41, 5.74) is 3.40. The van der Waals surface area contributed by atoms with E-state index in [2.05, 4.69) is 25.8 Å². The molecule has 1 saturated carbocycles. The minimum absolute atomic E-state index is 0.325. The summed E-state index contributed by atoms with van der Waals surface area (Å²) < 4.78 is 1.86. The first-order chi connectivity index (χ1) is 13.2. The van der Waals surface area contributed by atoms with Gasteiger partial charge >= 0.3 is 6.03 Å². The van der Waals surface area contributed by atoms with Gasteiger partial charge in [0.25, 0.3) is 0 Å². The van der Waals surface area contributed by atoms with Crippen LogP contribution in [0.2, 0.25) is 0 Å². The molecule has 8 nitrogen and oxygen atoms in total. The normalized spacial score (nSPS) is 13.8. The second-order valence-corrected chi connectivity index (χ2v) is 6.44. The van der Waals surface area contributed by atoms with Gasteiger partial charge in [0, 0.05) is 25.0 Å². The topological polar surface area (TPSA) is 92.9 Å². The molecule has 0 atom stereocenters. The molecule has 2 N–H and O–H groups in total. The van der Waals surface area contributed by atoms with Crippen molar-refractivity contribution in [3.8, 4) is 11.1 Å². The standard InChI is InChI=1S/C19H20N6O2/c1-20-19(26)24-17-11-25-16(10-22-27-12-13-4-5-13)7-15(8-18(25)23-17)14-3-2-6-21-9-14/h2-3,6-11,13H,4-5,12H2,1H3,(H2,20,24,26)/b22-10+. The molecule has 27 heavy (non-hydrogen) atoms. The second-order valence-electron chi connectivity index (χ2n) is 6.44. The van der Waals surface area contributed by atoms with Gasteiger partial charge in [0.2, 0.25) is 0 Å². The molecular weight excluding hydrogens is 344 g/mol. The summed E-state index contributed by atoms with van der Waals surface area (Å²) in [6.45, 7) is 0.648. The van der Waals surface area contributed by atoms with Crippen LogP contribution in [0.3, 0.4) is 0 Å². The number of amides is 2. The number of nitrogens with zero attached hydrogens (tertiary/aromatic N) is 4. The van der Waals surface area contributed by atoms with E-state index in [0.717, 1.165) is 16.8 Å². The molecule has 1 aliphatic carbocycles. The third kappa shape index (κ3) is 4.05. The maximum absolute atomic E-state index is 11.6. The number of fused-ring (bicyclic) bond motifs is 1. The number of carbonyl (C=O) groups is 1. The Morgan fingerprint density at radius 1 is 1.41 bits per heavy atom. The van der Waals surface area contributed by atoms with Crippen molar-refractivity contribution in [2.24, 2.45) is 11.1 Å². The third-order valence-corrected chi connectivity index (χ3v) is 4.33. The monoisotopic (exact) mass is 364 g/mol. The van der Waals surface area contributed by atoms with Gasteiger partial charge in [-0.1, -0.05) is 11.2 Å². The molecule has 8 heteroatoms. The molecule has 138 valence electrons. The molecule has 3 aromatic rings. The Morgan fingerprint density at radius 2 is 2.30 bits per heavy atom. The summed E-state index contributed by atoms with van der Waals surface area (Å²) >= 11 is 0. The average molecular weight is 364 g/mol. The summed E-state index contributed by atoms with van der Waals surface area (Å²) in [4.78, 5) is 25.6. The number of oxime groups is 1. The first-order valence-electron chi connectivity index (χ1n) is 8.80. The van der Waals surface area contributed by atoms with E-state index < -0.39 is 0 Å². The Hall–Kier alpha value is -3.42. The number of hydrogen-bond donors (Lipinski definition) is 2. The molecule has 0 radical (unpaired) electrons. The van der Waals surface area contributed by atoms with Crippen molar-refractivity contribution in [2.45, 2.75) is 12.8 Å². The van der Waals surface area contributed by atoms with Crippen LogP contribution < -0.4 is 10.6 Å². The fraction of sp³-hybridized carbons (Fsp3) is 0.263. The molecule has 2 amide bonds. The Labute approximate surface area is 156 Å². The summed E-state index contributed by atoms with van der Waals surface area (Å²) in [6, 6.07) is 7.47. The molecule has 1 fully saturated rings. The smallest absolute Gasteiger partial charge is 0.320 e. The third-order valence-electron chi connectivity index (χ3n) is 4.33. The summed E-state index contributed by atoms with van der Waals surface area (Å²) in [5, 5.41) is 9.31. The lowest BCUT2D eigenvalue weighted by molar-refractivity contribution is 0.135. The lowest BCUT2D eigenvalue weighted by Crippen LogP contribution is -2.24. The molecule has 1 aliphatic rings. The Morgan fingerprint density at radius 3 is 3.04 bits per heavy atom. The van der Waals surface area contributed by atoms with Crippen LogP contribution in [0.5, 0.6) is 0 Å². The number of imidazole rings is 1. The highest BCUT2D eigenvalue weighted by Crippen LogP contribution is 2.29. The van der Waals surface area contributed by atoms with Crippen molar-refractivity contribution in [3.05, 3.63) is 48.5 Å². The fourth-order valence-corrected chi connectivity index (χ4v) is 2.68. The minimum Gasteiger partial charge on any atom is -0.395 e. The maximum atomic E-state index is 11.6. The van der Waals surface area contributed by atoms with Crippen molar-refractivity contribution in [1.82, 2.24) is 19.7 Å². The molecule has 0 aromatic carbocycles. The van der Waals surface area contributed by atoms with Gasteiger partial charge in [-0.05, 0) is 42.5 Å². The molecule has 0 aliphatic heterocycles. The van der Waals surface area contributed by atoms with Crippen LogP contribution in [-0.4, -0.2) is 40.3 Å². The van der Waals surface area contributed by atoms with E-state index in [-0.39, 0.29) is 6.03 Å². The summed E-state index contributed by atoms with van der Waals surface area (Å²) in [7, 11) is 1.56. The molecular formula is C19H20N6O2. The quantitative estimate of drug-likeness (QED) is 0.519. The van der Waals surface area contributed by atoms with Gasteiger partial charge in [-0.25, -0.2) is 9.78 Å². The van der Waals surface area contributed by atoms with Crippen molar-refractivity contribution in [2.75, 3.05) is 19.0 Å². The lowest BCUT2D eigenvalue weighted by Gasteiger charge is -2.05. The molecule has 3 heterocycles. The zero-order valence-electron chi connectivity index (χ0n) is 14.9. The number of nitrogens with one attached hydrogen (secondary N) is 2. The van der Waals surface area contributed by atoms with Gasteiger partial charge in [0.1, 0.15) is 12.3 Å². The van der Waals surface area contributed by atoms with Gasteiger partial charge in [-0.3, -0.25) is 14.7 Å². The summed E-state index contributed by atoms with van der Waals surface area (Å²) in [6.07, 6.45) is 9.37. The number of urea groups is 1. The van der Waals surface area contributed by atoms with Crippen molar-refractivity contribution < 1.29 is 9.63 Å². The highest BCUT2D eigenvalue weighted by Gasteiger charge is 2.21. The highest BCUT2D eigenvalue weighted by atomic mass is 16.6. The van der Waals surface area contributed by atoms with E-state index in [1.54, 1.807) is 31.9 Å². The van der Waals surface area contributed by atoms with E-state index in [1.807, 2.05) is 28.7 Å². The lowest BCUT2D eigenvalue weighted by atomic mass is 10.1. The average Bonchev–Trinajstić information content (AvgIpc) is 3.43. The van der Waals surface area contributed by atoms with Gasteiger partial charge in [-0.2, -0.15) is 0 Å². The number of aromatic nitrogens is 3. The Bertz CT molecular complexity index is 979. The van der Waals surface area contributed by atoms with Crippen LogP contribution in [-0.2, 0) is 4.84 Å². The van der Waals surface area contributed by atoms with Crippen molar-refractivity contribution >= 4 is 23.7 Å². The van der Waals surface area contributed by atoms with Crippen LogP contribution in [0, 0.1) is 5.92 Å². The number of anilines is 1. The zero-order chi connectivity index (χ0) is 18.6. The van der Waals surface area contributed by atoms with Gasteiger partial charge in [0.05, 0.1) is 18.1 Å². The zero-order valence-corrected chi connectivity index (χ0v) is 14.9. The van der Waals surface area contributed by atoms with E-state index >= 15 is 0 Å². The minimum atomic E-state index is -0.325. The number of hydrogen-bond acceptors (Lipinski definition) is 5. The number of carbonyl (C=O) groups excluding carboxylic acids is 1. The highest BCUT2D eigenvalue weighted by molar-refractivity contribution is 5.89. The maximum Gasteiger partial charge on any atom is 0.320 e. The van der Waals surface area contributed by atoms with Crippen LogP contribution in [0.1, 0.15) is 18.5 Å². The predicted molar refractivity (Wildman–Crippen MR) is 103 cm³/mol. The summed E-state index contributed by atoms with van der Waals surface area (Å²) in [5.74, 6) is 1.09. The van der Waals surface area contributed by atoms with E-state index in [1.165, 1.54) is 12.8 Å². The van der Waals surface area contributed by atoms with E-state index in [9.17, 15) is 4.79 Å². The van der Waals surface area contributed by atoms with Crippen molar-refractivity contribution in [1.29, 1.82) is 0 Å². The van der Waals surface area contributed by atoms with Crippen LogP contribution in [0.25, 0.3) is 16.8 Å². The van der Waals surface area contributed by atoms with E-state index in [4.69, 9.17) is 4.84 Å². The molecule has 4 rings (SSSR count). The Kier molecular flexibility index (Phi) is 4.69. The number of pyridine rings is 2. The Balaban J connectivity index is 1.70. The van der Waals surface area contributed by atoms with Gasteiger partial charge in [0.15, 0.2) is 5.82 Å². The van der Waals surface area contributed by atoms with Crippen molar-refractivity contribution in [3.63, 3.8) is 0 Å².